The molecule has 1 amide bonds. The lowest BCUT2D eigenvalue weighted by Crippen LogP contribution is -2.38. The second kappa shape index (κ2) is 9.41. The molecule has 1 heterocycles. The zero-order chi connectivity index (χ0) is 22.8. The summed E-state index contributed by atoms with van der Waals surface area (Å²) in [5.41, 5.74) is 3.04. The van der Waals surface area contributed by atoms with Gasteiger partial charge in [-0.1, -0.05) is 43.7 Å². The van der Waals surface area contributed by atoms with Crippen molar-refractivity contribution in [3.63, 3.8) is 0 Å². The van der Waals surface area contributed by atoms with Crippen molar-refractivity contribution in [2.75, 3.05) is 0 Å². The van der Waals surface area contributed by atoms with Gasteiger partial charge in [-0.25, -0.2) is 4.39 Å². The van der Waals surface area contributed by atoms with E-state index >= 15 is 0 Å². The van der Waals surface area contributed by atoms with Gasteiger partial charge in [0, 0.05) is 11.4 Å². The third-order valence-corrected chi connectivity index (χ3v) is 7.18. The van der Waals surface area contributed by atoms with E-state index in [1.165, 1.54) is 12.1 Å². The van der Waals surface area contributed by atoms with Gasteiger partial charge in [0.2, 0.25) is 0 Å². The van der Waals surface area contributed by atoms with Crippen molar-refractivity contribution in [3.05, 3.63) is 97.6 Å². The van der Waals surface area contributed by atoms with Crippen molar-refractivity contribution in [3.8, 4) is 5.69 Å². The van der Waals surface area contributed by atoms with Gasteiger partial charge in [0.05, 0.1) is 16.1 Å². The van der Waals surface area contributed by atoms with E-state index < -0.39 is 0 Å². The van der Waals surface area contributed by atoms with Gasteiger partial charge in [-0.3, -0.25) is 14.2 Å². The number of benzene rings is 2. The highest BCUT2D eigenvalue weighted by Gasteiger charge is 2.32. The van der Waals surface area contributed by atoms with Crippen LogP contribution >= 0.6 is 15.9 Å². The third-order valence-electron chi connectivity index (χ3n) is 6.37. The summed E-state index contributed by atoms with van der Waals surface area (Å²) >= 11 is 3.45. The van der Waals surface area contributed by atoms with Gasteiger partial charge in [-0.15, -0.1) is 0 Å². The maximum atomic E-state index is 13.9. The highest BCUT2D eigenvalue weighted by atomic mass is 79.9. The SMILES string of the molecule is CCc1c(C(=O)NC(c2cccc(F)c2)C2CCC2)c(C)n(-c2ccccc2)c(=O)c1Br. The van der Waals surface area contributed by atoms with Crippen LogP contribution in [0.2, 0.25) is 0 Å². The molecule has 0 aliphatic heterocycles. The first-order valence-electron chi connectivity index (χ1n) is 11.0. The van der Waals surface area contributed by atoms with Crippen LogP contribution in [-0.2, 0) is 6.42 Å². The molecular weight excluding hydrogens is 471 g/mol. The molecule has 1 aliphatic rings. The number of carbonyl (C=O) groups excluding carboxylic acids is 1. The number of rotatable bonds is 6. The summed E-state index contributed by atoms with van der Waals surface area (Å²) in [6.45, 7) is 3.73. The first-order chi connectivity index (χ1) is 15.4. The highest BCUT2D eigenvalue weighted by Crippen LogP contribution is 2.38. The normalized spacial score (nSPS) is 14.6. The fourth-order valence-electron chi connectivity index (χ4n) is 4.50. The number of pyridine rings is 1. The van der Waals surface area contributed by atoms with E-state index in [0.717, 1.165) is 24.8 Å². The topological polar surface area (TPSA) is 51.1 Å². The predicted octanol–water partition coefficient (Wildman–Crippen LogP) is 5.88. The molecule has 1 aromatic heterocycles. The molecule has 1 unspecified atom stereocenters. The smallest absolute Gasteiger partial charge is 0.269 e. The van der Waals surface area contributed by atoms with Crippen LogP contribution in [0.25, 0.3) is 5.69 Å². The molecule has 1 N–H and O–H groups in total. The van der Waals surface area contributed by atoms with Gasteiger partial charge in [-0.2, -0.15) is 0 Å². The van der Waals surface area contributed by atoms with Crippen LogP contribution in [0.3, 0.4) is 0 Å². The molecule has 1 saturated carbocycles. The summed E-state index contributed by atoms with van der Waals surface area (Å²) < 4.78 is 15.9. The van der Waals surface area contributed by atoms with Crippen molar-refractivity contribution < 1.29 is 9.18 Å². The van der Waals surface area contributed by atoms with Crippen LogP contribution < -0.4 is 10.9 Å². The predicted molar refractivity (Wildman–Crippen MR) is 128 cm³/mol. The molecule has 1 aliphatic carbocycles. The average Bonchev–Trinajstić information content (AvgIpc) is 2.75. The average molecular weight is 497 g/mol. The minimum Gasteiger partial charge on any atom is -0.345 e. The number of aromatic nitrogens is 1. The van der Waals surface area contributed by atoms with Gasteiger partial charge < -0.3 is 5.32 Å². The van der Waals surface area contributed by atoms with Crippen LogP contribution in [0.15, 0.2) is 63.9 Å². The molecule has 0 radical (unpaired) electrons. The van der Waals surface area contributed by atoms with E-state index in [4.69, 9.17) is 0 Å². The highest BCUT2D eigenvalue weighted by molar-refractivity contribution is 9.10. The summed E-state index contributed by atoms with van der Waals surface area (Å²) in [5, 5.41) is 3.18. The van der Waals surface area contributed by atoms with Crippen molar-refractivity contribution >= 4 is 21.8 Å². The first-order valence-corrected chi connectivity index (χ1v) is 11.8. The second-order valence-corrected chi connectivity index (χ2v) is 9.07. The summed E-state index contributed by atoms with van der Waals surface area (Å²) in [6, 6.07) is 15.5. The Morgan fingerprint density at radius 3 is 2.50 bits per heavy atom. The number of nitrogens with zero attached hydrogens (tertiary/aromatic N) is 1. The monoisotopic (exact) mass is 496 g/mol. The van der Waals surface area contributed by atoms with E-state index in [9.17, 15) is 14.0 Å². The van der Waals surface area contributed by atoms with Crippen LogP contribution in [0.4, 0.5) is 4.39 Å². The molecule has 32 heavy (non-hydrogen) atoms. The number of halogens is 2. The largest absolute Gasteiger partial charge is 0.345 e. The number of hydrogen-bond acceptors (Lipinski definition) is 2. The Morgan fingerprint density at radius 2 is 1.91 bits per heavy atom. The van der Waals surface area contributed by atoms with E-state index in [2.05, 4.69) is 21.2 Å². The summed E-state index contributed by atoms with van der Waals surface area (Å²) in [4.78, 5) is 26.8. The van der Waals surface area contributed by atoms with Gasteiger partial charge in [0.15, 0.2) is 0 Å². The van der Waals surface area contributed by atoms with Crippen LogP contribution in [-0.4, -0.2) is 10.5 Å². The minimum absolute atomic E-state index is 0.192. The van der Waals surface area contributed by atoms with Gasteiger partial charge >= 0.3 is 0 Å². The minimum atomic E-state index is -0.313. The number of carbonyl (C=O) groups is 1. The summed E-state index contributed by atoms with van der Waals surface area (Å²) in [6.07, 6.45) is 3.63. The molecular formula is C26H26BrFN2O2. The maximum absolute atomic E-state index is 13.9. The molecule has 1 atom stereocenters. The molecule has 166 valence electrons. The first kappa shape index (κ1) is 22.5. The Labute approximate surface area is 195 Å². The third kappa shape index (κ3) is 4.16. The number of amides is 1. The lowest BCUT2D eigenvalue weighted by atomic mass is 9.77. The Bertz CT molecular complexity index is 1200. The van der Waals surface area contributed by atoms with E-state index in [1.807, 2.05) is 43.3 Å². The zero-order valence-electron chi connectivity index (χ0n) is 18.2. The molecule has 3 aromatic rings. The molecule has 0 saturated heterocycles. The van der Waals surface area contributed by atoms with Crippen LogP contribution in [0, 0.1) is 18.7 Å². The quantitative estimate of drug-likeness (QED) is 0.463. The fourth-order valence-corrected chi connectivity index (χ4v) is 5.16. The lowest BCUT2D eigenvalue weighted by Gasteiger charge is -2.35. The van der Waals surface area contributed by atoms with Crippen molar-refractivity contribution in [2.24, 2.45) is 5.92 Å². The van der Waals surface area contributed by atoms with Crippen molar-refractivity contribution in [1.29, 1.82) is 0 Å². The van der Waals surface area contributed by atoms with Gasteiger partial charge in [0.25, 0.3) is 11.5 Å². The fraction of sp³-hybridized carbons (Fsp3) is 0.308. The van der Waals surface area contributed by atoms with Crippen LogP contribution in [0.1, 0.15) is 59.4 Å². The van der Waals surface area contributed by atoms with E-state index in [-0.39, 0.29) is 29.2 Å². The Morgan fingerprint density at radius 1 is 1.19 bits per heavy atom. The van der Waals surface area contributed by atoms with E-state index in [0.29, 0.717) is 33.4 Å². The van der Waals surface area contributed by atoms with Gasteiger partial charge in [-0.05, 0) is 83.4 Å². The standard InChI is InChI=1S/C26H26BrFN2O2/c1-3-21-22(16(2)30(26(32)23(21)27)20-13-5-4-6-14-20)25(31)29-24(17-9-7-10-17)18-11-8-12-19(28)15-18/h4-6,8,11-15,17,24H,3,7,9-10H2,1-2H3,(H,29,31). The van der Waals surface area contributed by atoms with E-state index in [1.54, 1.807) is 17.6 Å². The molecule has 6 heteroatoms. The molecule has 0 spiro atoms. The molecule has 4 nitrogen and oxygen atoms in total. The Kier molecular flexibility index (Phi) is 6.60. The Balaban J connectivity index is 1.80. The molecule has 2 aromatic carbocycles. The second-order valence-electron chi connectivity index (χ2n) is 8.28. The lowest BCUT2D eigenvalue weighted by molar-refractivity contribution is 0.0898. The maximum Gasteiger partial charge on any atom is 0.269 e. The number of para-hydroxylation sites is 1. The van der Waals surface area contributed by atoms with Crippen molar-refractivity contribution in [2.45, 2.75) is 45.6 Å². The number of hydrogen-bond donors (Lipinski definition) is 1. The molecule has 1 fully saturated rings. The molecule has 0 bridgehead atoms. The van der Waals surface area contributed by atoms with Gasteiger partial charge in [0.1, 0.15) is 5.82 Å². The van der Waals surface area contributed by atoms with Crippen molar-refractivity contribution in [1.82, 2.24) is 9.88 Å². The number of nitrogens with one attached hydrogen (secondary N) is 1. The summed E-state index contributed by atoms with van der Waals surface area (Å²) in [7, 11) is 0. The Hall–Kier alpha value is -2.73. The molecule has 4 rings (SSSR count). The summed E-state index contributed by atoms with van der Waals surface area (Å²) in [5.74, 6) is -0.285. The van der Waals surface area contributed by atoms with Crippen LogP contribution in [0.5, 0.6) is 0 Å². The zero-order valence-corrected chi connectivity index (χ0v) is 19.8.